The van der Waals surface area contributed by atoms with Crippen molar-refractivity contribution in [3.8, 4) is 0 Å². The van der Waals surface area contributed by atoms with E-state index in [0.29, 0.717) is 0 Å². The molecule has 4 nitrogen and oxygen atoms in total. The van der Waals surface area contributed by atoms with E-state index in [2.05, 4.69) is 9.88 Å². The van der Waals surface area contributed by atoms with E-state index in [9.17, 15) is 8.42 Å². The van der Waals surface area contributed by atoms with Crippen LogP contribution in [0, 0.1) is 0 Å². The molecule has 0 aromatic carbocycles. The van der Waals surface area contributed by atoms with Crippen molar-refractivity contribution < 1.29 is 13.2 Å². The number of sulfonamides is 1. The third-order valence-electron chi connectivity index (χ3n) is 0.572. The quantitative estimate of drug-likeness (QED) is 0.620. The summed E-state index contributed by atoms with van der Waals surface area (Å²) in [6.45, 7) is 0.166. The first kappa shape index (κ1) is 11.9. The fraction of sp³-hybridized carbons (Fsp3) is 1.00. The van der Waals surface area contributed by atoms with Crippen molar-refractivity contribution in [1.29, 1.82) is 0 Å². The van der Waals surface area contributed by atoms with Gasteiger partial charge in [0.1, 0.15) is 0 Å². The largest absolute Gasteiger partial charge is 0.384 e. The van der Waals surface area contributed by atoms with Gasteiger partial charge in [0, 0.05) is 7.11 Å². The minimum atomic E-state index is -3.31. The van der Waals surface area contributed by atoms with E-state index in [1.165, 1.54) is 7.11 Å². The van der Waals surface area contributed by atoms with Crippen LogP contribution in [0.3, 0.4) is 0 Å². The number of halogens is 1. The van der Waals surface area contributed by atoms with Crippen molar-refractivity contribution in [2.75, 3.05) is 19.5 Å². The molecule has 0 aromatic heterocycles. The lowest BCUT2D eigenvalue weighted by Gasteiger charge is -1.93. The zero-order chi connectivity index (χ0) is 6.62. The summed E-state index contributed by atoms with van der Waals surface area (Å²) < 4.78 is 24.6. The number of primary sulfonamides is 1. The van der Waals surface area contributed by atoms with E-state index in [1.54, 1.807) is 0 Å². The maximum absolute atomic E-state index is 10.1. The maximum atomic E-state index is 10.1. The van der Waals surface area contributed by atoms with Crippen LogP contribution in [0.1, 0.15) is 0 Å². The molecule has 9 heavy (non-hydrogen) atoms. The second kappa shape index (κ2) is 4.99. The summed E-state index contributed by atoms with van der Waals surface area (Å²) in [4.78, 5) is 0. The molecule has 0 saturated heterocycles. The summed E-state index contributed by atoms with van der Waals surface area (Å²) >= 11 is 0. The summed E-state index contributed by atoms with van der Waals surface area (Å²) in [5, 5.41) is 4.61. The minimum absolute atomic E-state index is 0. The molecule has 0 aromatic rings. The van der Waals surface area contributed by atoms with Gasteiger partial charge >= 0.3 is 0 Å². The molecule has 0 rings (SSSR count). The normalized spacial score (nSPS) is 10.4. The number of nitrogens with two attached hydrogens (primary N) is 1. The molecule has 0 fully saturated rings. The van der Waals surface area contributed by atoms with Gasteiger partial charge in [-0.1, -0.05) is 0 Å². The molecule has 6 heteroatoms. The molecule has 0 aliphatic heterocycles. The van der Waals surface area contributed by atoms with Gasteiger partial charge in [0.25, 0.3) is 0 Å². The Hall–Kier alpha value is 0.160. The Bertz CT molecular complexity index is 143. The number of hydrogen-bond acceptors (Lipinski definition) is 3. The number of ether oxygens (including phenoxy) is 1. The summed E-state index contributed by atoms with van der Waals surface area (Å²) in [5.41, 5.74) is 0. The Labute approximate surface area is 60.8 Å². The first-order valence-electron chi connectivity index (χ1n) is 2.05. The maximum Gasteiger partial charge on any atom is 0.211 e. The molecule has 58 valence electrons. The van der Waals surface area contributed by atoms with Crippen LogP contribution < -0.4 is 5.14 Å². The Morgan fingerprint density at radius 2 is 2.00 bits per heavy atom. The first-order chi connectivity index (χ1) is 3.56. The van der Waals surface area contributed by atoms with Gasteiger partial charge in [-0.05, 0) is 0 Å². The van der Waals surface area contributed by atoms with Crippen molar-refractivity contribution in [3.05, 3.63) is 0 Å². The van der Waals surface area contributed by atoms with Crippen LogP contribution in [0.15, 0.2) is 0 Å². The monoisotopic (exact) mass is 175 g/mol. The molecule has 0 saturated carbocycles. The summed E-state index contributed by atoms with van der Waals surface area (Å²) in [5.74, 6) is -0.108. The van der Waals surface area contributed by atoms with E-state index in [4.69, 9.17) is 0 Å². The van der Waals surface area contributed by atoms with Crippen molar-refractivity contribution in [2.45, 2.75) is 0 Å². The predicted octanol–water partition coefficient (Wildman–Crippen LogP) is -0.657. The van der Waals surface area contributed by atoms with Gasteiger partial charge in [-0.2, -0.15) is 0 Å². The lowest BCUT2D eigenvalue weighted by Crippen LogP contribution is -2.19. The van der Waals surface area contributed by atoms with Gasteiger partial charge in [-0.3, -0.25) is 0 Å². The average Bonchev–Trinajstić information content (AvgIpc) is 1.59. The lowest BCUT2D eigenvalue weighted by atomic mass is 10.9. The van der Waals surface area contributed by atoms with E-state index in [-0.39, 0.29) is 24.8 Å². The second-order valence-electron chi connectivity index (χ2n) is 1.36. The van der Waals surface area contributed by atoms with Gasteiger partial charge in [0.15, 0.2) is 0 Å². The van der Waals surface area contributed by atoms with E-state index >= 15 is 0 Å². The van der Waals surface area contributed by atoms with Crippen LogP contribution in [0.4, 0.5) is 0 Å². The van der Waals surface area contributed by atoms with Crippen LogP contribution in [0.25, 0.3) is 0 Å². The summed E-state index contributed by atoms with van der Waals surface area (Å²) in [6.07, 6.45) is 0. The van der Waals surface area contributed by atoms with E-state index in [0.717, 1.165) is 0 Å². The van der Waals surface area contributed by atoms with Gasteiger partial charge in [0.2, 0.25) is 10.0 Å². The van der Waals surface area contributed by atoms with E-state index in [1.807, 2.05) is 0 Å². The highest BCUT2D eigenvalue weighted by Crippen LogP contribution is 1.75. The Morgan fingerprint density at radius 1 is 1.56 bits per heavy atom. The predicted molar refractivity (Wildman–Crippen MR) is 37.1 cm³/mol. The number of methoxy groups -OCH3 is 1. The molecule has 0 aliphatic carbocycles. The van der Waals surface area contributed by atoms with Crippen molar-refractivity contribution in [3.63, 3.8) is 0 Å². The third-order valence-corrected chi connectivity index (χ3v) is 1.31. The number of hydrogen-bond donors (Lipinski definition) is 1. The molecule has 0 radical (unpaired) electrons. The molecular formula is C3H10ClNO3S. The number of rotatable bonds is 3. The summed E-state index contributed by atoms with van der Waals surface area (Å²) in [6, 6.07) is 0. The Morgan fingerprint density at radius 3 is 2.11 bits per heavy atom. The Balaban J connectivity index is 0. The fourth-order valence-corrected chi connectivity index (χ4v) is 0.598. The Kier molecular flexibility index (Phi) is 6.59. The molecule has 2 N–H and O–H groups in total. The van der Waals surface area contributed by atoms with Crippen molar-refractivity contribution >= 4 is 22.4 Å². The molecule has 0 heterocycles. The van der Waals surface area contributed by atoms with E-state index < -0.39 is 10.0 Å². The summed E-state index contributed by atoms with van der Waals surface area (Å²) in [7, 11) is -1.89. The van der Waals surface area contributed by atoms with Crippen molar-refractivity contribution in [1.82, 2.24) is 0 Å². The van der Waals surface area contributed by atoms with Crippen LogP contribution in [0.5, 0.6) is 0 Å². The minimum Gasteiger partial charge on any atom is -0.384 e. The first-order valence-corrected chi connectivity index (χ1v) is 3.77. The highest BCUT2D eigenvalue weighted by Gasteiger charge is 1.98. The molecule has 0 aliphatic rings. The SMILES string of the molecule is COCCS(N)(=O)=O.Cl. The molecule has 0 unspecified atom stereocenters. The van der Waals surface area contributed by atoms with Crippen LogP contribution >= 0.6 is 12.4 Å². The van der Waals surface area contributed by atoms with Crippen LogP contribution in [0.2, 0.25) is 0 Å². The zero-order valence-electron chi connectivity index (χ0n) is 5.03. The van der Waals surface area contributed by atoms with Gasteiger partial charge in [0.05, 0.1) is 12.4 Å². The van der Waals surface area contributed by atoms with Crippen LogP contribution in [-0.4, -0.2) is 27.9 Å². The van der Waals surface area contributed by atoms with Gasteiger partial charge < -0.3 is 4.74 Å². The highest BCUT2D eigenvalue weighted by molar-refractivity contribution is 7.89. The third kappa shape index (κ3) is 11.6. The fourth-order valence-electron chi connectivity index (χ4n) is 0.199. The molecule has 0 atom stereocenters. The molecule has 0 bridgehead atoms. The zero-order valence-corrected chi connectivity index (χ0v) is 6.67. The van der Waals surface area contributed by atoms with Crippen LogP contribution in [-0.2, 0) is 14.8 Å². The molecule has 0 amide bonds. The lowest BCUT2D eigenvalue weighted by molar-refractivity contribution is 0.217. The van der Waals surface area contributed by atoms with Gasteiger partial charge in [-0.15, -0.1) is 12.4 Å². The smallest absolute Gasteiger partial charge is 0.211 e. The highest BCUT2D eigenvalue weighted by atomic mass is 35.5. The topological polar surface area (TPSA) is 69.4 Å². The van der Waals surface area contributed by atoms with Gasteiger partial charge in [-0.25, -0.2) is 13.6 Å². The van der Waals surface area contributed by atoms with Crippen molar-refractivity contribution in [2.24, 2.45) is 5.14 Å². The molecule has 0 spiro atoms. The molecular weight excluding hydrogens is 166 g/mol. The average molecular weight is 176 g/mol. The standard InChI is InChI=1S/C3H9NO3S.ClH/c1-7-2-3-8(4,5)6;/h2-3H2,1H3,(H2,4,5,6);1H. The second-order valence-corrected chi connectivity index (χ2v) is 3.09.